The fraction of sp³-hybridized carbons (Fsp3) is 0.447. The van der Waals surface area contributed by atoms with Crippen LogP contribution in [0, 0.1) is 5.92 Å². The number of hydrogen-bond donors (Lipinski definition) is 1. The van der Waals surface area contributed by atoms with Crippen molar-refractivity contribution < 1.29 is 31.5 Å². The van der Waals surface area contributed by atoms with E-state index in [-0.39, 0.29) is 12.2 Å². The van der Waals surface area contributed by atoms with E-state index in [0.717, 1.165) is 47.4 Å². The van der Waals surface area contributed by atoms with Crippen LogP contribution in [-0.4, -0.2) is 41.8 Å². The van der Waals surface area contributed by atoms with E-state index in [1.54, 1.807) is 19.2 Å². The summed E-state index contributed by atoms with van der Waals surface area (Å²) in [6, 6.07) is 18.7. The van der Waals surface area contributed by atoms with Crippen LogP contribution in [0.2, 0.25) is 0 Å². The number of benzene rings is 3. The van der Waals surface area contributed by atoms with E-state index in [4.69, 9.17) is 0 Å². The normalized spacial score (nSPS) is 20.0. The maximum Gasteiger partial charge on any atom is 0.416 e. The Balaban J connectivity index is 1.17. The van der Waals surface area contributed by atoms with E-state index in [9.17, 15) is 31.5 Å². The number of aliphatic hydroxyl groups is 1. The largest absolute Gasteiger partial charge is 0.416 e. The summed E-state index contributed by atoms with van der Waals surface area (Å²) in [6.45, 7) is 2.44. The lowest BCUT2D eigenvalue weighted by molar-refractivity contribution is -0.137. The van der Waals surface area contributed by atoms with Crippen molar-refractivity contribution in [3.63, 3.8) is 0 Å². The average molecular weight is 679 g/mol. The van der Waals surface area contributed by atoms with Gasteiger partial charge in [-0.25, -0.2) is 8.42 Å². The summed E-state index contributed by atoms with van der Waals surface area (Å²) in [5.41, 5.74) is 3.32. The van der Waals surface area contributed by atoms with Gasteiger partial charge in [-0.05, 0) is 97.6 Å². The monoisotopic (exact) mass is 678 g/mol. The molecule has 2 fully saturated rings. The standard InChI is InChI=1S/C38H41F3N2O4S/c1-3-26-23-43-24-37(16-17-37)48(46,47)42(2)32-20-28(19-31(26)35(32)43)34(45)21-27(18-25-8-5-4-6-9-25)33(44)12-13-36(14-15-36)29-10-7-11-30(22-29)38(39,40)41/h4-11,19-20,22-23,27,33,44H,3,12-18,21,24H2,1-2H3/t27-,33-/m1/s1. The molecule has 7 rings (SSSR count). The molecule has 1 aromatic heterocycles. The van der Waals surface area contributed by atoms with Gasteiger partial charge in [0.15, 0.2) is 5.78 Å². The van der Waals surface area contributed by atoms with Gasteiger partial charge in [0.1, 0.15) is 4.75 Å². The summed E-state index contributed by atoms with van der Waals surface area (Å²) in [5.74, 6) is -0.628. The highest BCUT2D eigenvalue weighted by molar-refractivity contribution is 7.94. The predicted octanol–water partition coefficient (Wildman–Crippen LogP) is 7.84. The van der Waals surface area contributed by atoms with Gasteiger partial charge in [-0.3, -0.25) is 9.10 Å². The Kier molecular flexibility index (Phi) is 8.06. The average Bonchev–Trinajstić information content (AvgIpc) is 4.00. The van der Waals surface area contributed by atoms with Crippen molar-refractivity contribution in [2.75, 3.05) is 11.4 Å². The highest BCUT2D eigenvalue weighted by atomic mass is 32.2. The molecule has 0 amide bonds. The molecular formula is C38H41F3N2O4S. The molecule has 6 nitrogen and oxygen atoms in total. The lowest BCUT2D eigenvalue weighted by Crippen LogP contribution is -2.38. The number of hydrogen-bond acceptors (Lipinski definition) is 4. The topological polar surface area (TPSA) is 79.6 Å². The molecule has 2 aliphatic carbocycles. The first-order valence-corrected chi connectivity index (χ1v) is 18.3. The maximum atomic E-state index is 14.2. The van der Waals surface area contributed by atoms with Crippen molar-refractivity contribution in [2.24, 2.45) is 5.92 Å². The molecular weight excluding hydrogens is 637 g/mol. The first kappa shape index (κ1) is 32.9. The number of aryl methyl sites for hydroxylation is 1. The Morgan fingerprint density at radius 2 is 1.73 bits per heavy atom. The third-order valence-corrected chi connectivity index (χ3v) is 13.7. The zero-order valence-electron chi connectivity index (χ0n) is 27.3. The second-order valence-electron chi connectivity index (χ2n) is 14.2. The highest BCUT2D eigenvalue weighted by Gasteiger charge is 2.58. The number of rotatable bonds is 11. The summed E-state index contributed by atoms with van der Waals surface area (Å²) in [7, 11) is -2.06. The quantitative estimate of drug-likeness (QED) is 0.164. The Labute approximate surface area is 279 Å². The third kappa shape index (κ3) is 5.74. The number of anilines is 1. The van der Waals surface area contributed by atoms with E-state index in [1.807, 2.05) is 54.1 Å². The van der Waals surface area contributed by atoms with E-state index in [2.05, 4.69) is 0 Å². The van der Waals surface area contributed by atoms with Gasteiger partial charge in [0.2, 0.25) is 10.0 Å². The number of aromatic nitrogens is 1. The smallest absolute Gasteiger partial charge is 0.393 e. The second-order valence-corrected chi connectivity index (χ2v) is 16.6. The van der Waals surface area contributed by atoms with Gasteiger partial charge < -0.3 is 9.67 Å². The summed E-state index contributed by atoms with van der Waals surface area (Å²) in [5, 5.41) is 12.5. The number of alkyl halides is 3. The summed E-state index contributed by atoms with van der Waals surface area (Å²) >= 11 is 0. The SMILES string of the molecule is CCc1cn2c3c(cc(C(=O)C[C@@H](Cc4ccccc4)[C@H](O)CCC4(c5cccc(C(F)(F)F)c5)CC4)cc13)N(C)S(=O)(=O)C1(CC1)C2. The Hall–Kier alpha value is -3.63. The molecule has 3 aliphatic rings. The molecule has 4 aromatic rings. The molecule has 2 atom stereocenters. The van der Waals surface area contributed by atoms with Crippen LogP contribution in [0.1, 0.15) is 84.5 Å². The molecule has 2 saturated carbocycles. The number of carbonyl (C=O) groups is 1. The van der Waals surface area contributed by atoms with Gasteiger partial charge in [-0.15, -0.1) is 0 Å². The van der Waals surface area contributed by atoms with Crippen molar-refractivity contribution in [3.05, 3.63) is 101 Å². The second kappa shape index (κ2) is 11.8. The molecule has 1 aliphatic heterocycles. The molecule has 0 bridgehead atoms. The van der Waals surface area contributed by atoms with Gasteiger partial charge in [-0.2, -0.15) is 13.2 Å². The van der Waals surface area contributed by atoms with E-state index >= 15 is 0 Å². The number of nitrogens with zero attached hydrogens (tertiary/aromatic N) is 2. The molecule has 1 spiro atoms. The van der Waals surface area contributed by atoms with Gasteiger partial charge in [-0.1, -0.05) is 55.5 Å². The van der Waals surface area contributed by atoms with Gasteiger partial charge in [0.25, 0.3) is 0 Å². The van der Waals surface area contributed by atoms with Crippen LogP contribution in [0.15, 0.2) is 72.9 Å². The minimum Gasteiger partial charge on any atom is -0.393 e. The highest BCUT2D eigenvalue weighted by Crippen LogP contribution is 2.53. The molecule has 254 valence electrons. The molecule has 3 aromatic carbocycles. The minimum atomic E-state index is -4.42. The molecule has 2 heterocycles. The van der Waals surface area contributed by atoms with E-state index in [0.29, 0.717) is 55.5 Å². The van der Waals surface area contributed by atoms with Crippen LogP contribution in [0.3, 0.4) is 0 Å². The van der Waals surface area contributed by atoms with Crippen molar-refractivity contribution in [1.82, 2.24) is 4.57 Å². The van der Waals surface area contributed by atoms with Crippen LogP contribution < -0.4 is 4.31 Å². The number of ketones is 1. The van der Waals surface area contributed by atoms with Gasteiger partial charge >= 0.3 is 6.18 Å². The molecule has 1 N–H and O–H groups in total. The van der Waals surface area contributed by atoms with Crippen molar-refractivity contribution >= 4 is 32.4 Å². The molecule has 0 saturated heterocycles. The molecule has 0 unspecified atom stereocenters. The van der Waals surface area contributed by atoms with Gasteiger partial charge in [0, 0.05) is 37.2 Å². The molecule has 0 radical (unpaired) electrons. The number of sulfonamides is 1. The van der Waals surface area contributed by atoms with E-state index in [1.165, 1.54) is 16.4 Å². The Bertz CT molecular complexity index is 1980. The first-order valence-electron chi connectivity index (χ1n) is 16.8. The lowest BCUT2D eigenvalue weighted by Gasteiger charge is -2.26. The van der Waals surface area contributed by atoms with Crippen LogP contribution >= 0.6 is 0 Å². The van der Waals surface area contributed by atoms with Gasteiger partial charge in [0.05, 0.1) is 22.9 Å². The number of carbonyl (C=O) groups excluding carboxylic acids is 1. The minimum absolute atomic E-state index is 0.0418. The number of aliphatic hydroxyl groups excluding tert-OH is 1. The van der Waals surface area contributed by atoms with Crippen LogP contribution in [0.5, 0.6) is 0 Å². The maximum absolute atomic E-state index is 14.2. The molecule has 10 heteroatoms. The Morgan fingerprint density at radius 3 is 2.38 bits per heavy atom. The van der Waals surface area contributed by atoms with E-state index < -0.39 is 43.9 Å². The number of halogens is 3. The summed E-state index contributed by atoms with van der Waals surface area (Å²) < 4.78 is 70.4. The fourth-order valence-electron chi connectivity index (χ4n) is 7.80. The first-order chi connectivity index (χ1) is 22.8. The predicted molar refractivity (Wildman–Crippen MR) is 181 cm³/mol. The zero-order valence-corrected chi connectivity index (χ0v) is 28.1. The van der Waals surface area contributed by atoms with Crippen LogP contribution in [0.4, 0.5) is 18.9 Å². The summed E-state index contributed by atoms with van der Waals surface area (Å²) in [6.07, 6.45) is 1.53. The van der Waals surface area contributed by atoms with Crippen LogP contribution in [0.25, 0.3) is 10.9 Å². The zero-order chi connectivity index (χ0) is 34.1. The van der Waals surface area contributed by atoms with Crippen LogP contribution in [-0.2, 0) is 41.0 Å². The Morgan fingerprint density at radius 1 is 1.00 bits per heavy atom. The summed E-state index contributed by atoms with van der Waals surface area (Å²) in [4.78, 5) is 14.2. The van der Waals surface area contributed by atoms with Crippen molar-refractivity contribution in [3.8, 4) is 0 Å². The molecule has 48 heavy (non-hydrogen) atoms. The van der Waals surface area contributed by atoms with Crippen molar-refractivity contribution in [2.45, 2.75) is 93.7 Å². The number of Topliss-reactive ketones (excluding diaryl/α,β-unsaturated/α-hetero) is 1. The third-order valence-electron chi connectivity index (χ3n) is 11.2. The fourth-order valence-corrected chi connectivity index (χ4v) is 9.70. The van der Waals surface area contributed by atoms with Crippen molar-refractivity contribution in [1.29, 1.82) is 0 Å². The lowest BCUT2D eigenvalue weighted by atomic mass is 9.82.